The summed E-state index contributed by atoms with van der Waals surface area (Å²) in [7, 11) is 0. The van der Waals surface area contributed by atoms with Gasteiger partial charge < -0.3 is 5.73 Å². The number of nitrogens with two attached hydrogens (primary N) is 1. The Labute approximate surface area is 58.7 Å². The topological polar surface area (TPSA) is 60.9 Å². The van der Waals surface area contributed by atoms with E-state index in [4.69, 9.17) is 5.73 Å². The van der Waals surface area contributed by atoms with Crippen LogP contribution in [0.2, 0.25) is 0 Å². The summed E-state index contributed by atoms with van der Waals surface area (Å²) in [6.07, 6.45) is 3.83. The van der Waals surface area contributed by atoms with Crippen LogP contribution in [-0.4, -0.2) is 15.6 Å². The predicted octanol–water partition coefficient (Wildman–Crippen LogP) is 0.372. The largest absolute Gasteiger partial charge is 0.351 e. The number of primary amides is 1. The van der Waals surface area contributed by atoms with Gasteiger partial charge in [0, 0.05) is 18.8 Å². The Kier molecular flexibility index (Phi) is 1.71. The number of carbonyl (C=O) groups excluding carboxylic acids is 1. The van der Waals surface area contributed by atoms with Gasteiger partial charge in [0.15, 0.2) is 0 Å². The van der Waals surface area contributed by atoms with Crippen LogP contribution in [0.1, 0.15) is 12.7 Å². The van der Waals surface area contributed by atoms with E-state index in [1.54, 1.807) is 12.4 Å². The molecule has 0 radical (unpaired) electrons. The second kappa shape index (κ2) is 2.51. The van der Waals surface area contributed by atoms with Crippen LogP contribution in [-0.2, 0) is 6.42 Å². The quantitative estimate of drug-likeness (QED) is 0.611. The van der Waals surface area contributed by atoms with Gasteiger partial charge in [-0.2, -0.15) is 0 Å². The van der Waals surface area contributed by atoms with Crippen LogP contribution < -0.4 is 5.73 Å². The fraction of sp³-hybridized carbons (Fsp3) is 0.333. The van der Waals surface area contributed by atoms with Crippen LogP contribution in [0.5, 0.6) is 0 Å². The van der Waals surface area contributed by atoms with Crippen LogP contribution in [0.3, 0.4) is 0 Å². The first-order valence-electron chi connectivity index (χ1n) is 3.07. The van der Waals surface area contributed by atoms with Crippen molar-refractivity contribution in [3.8, 4) is 0 Å². The molecule has 1 amide bonds. The molecule has 0 aliphatic carbocycles. The Hall–Kier alpha value is -1.32. The number of amides is 1. The third-order valence-corrected chi connectivity index (χ3v) is 1.27. The molecule has 10 heavy (non-hydrogen) atoms. The van der Waals surface area contributed by atoms with Gasteiger partial charge in [0.25, 0.3) is 0 Å². The predicted molar refractivity (Wildman–Crippen MR) is 36.6 cm³/mol. The molecule has 0 aromatic carbocycles. The molecule has 0 aliphatic rings. The number of imidazole rings is 1. The summed E-state index contributed by atoms with van der Waals surface area (Å²) in [4.78, 5) is 14.5. The number of hydrogen-bond donors (Lipinski definition) is 1. The molecule has 0 spiro atoms. The number of nitrogens with zero attached hydrogens (tertiary/aromatic N) is 2. The van der Waals surface area contributed by atoms with E-state index in [0.29, 0.717) is 5.82 Å². The van der Waals surface area contributed by atoms with Crippen LogP contribution in [0.25, 0.3) is 0 Å². The lowest BCUT2D eigenvalue weighted by atomic mass is 10.4. The van der Waals surface area contributed by atoms with Crippen molar-refractivity contribution in [3.05, 3.63) is 18.2 Å². The molecule has 0 unspecified atom stereocenters. The lowest BCUT2D eigenvalue weighted by Gasteiger charge is -1.97. The van der Waals surface area contributed by atoms with E-state index in [9.17, 15) is 4.79 Å². The van der Waals surface area contributed by atoms with Crippen LogP contribution >= 0.6 is 0 Å². The average Bonchev–Trinajstić information content (AvgIpc) is 2.33. The highest BCUT2D eigenvalue weighted by molar-refractivity contribution is 5.75. The summed E-state index contributed by atoms with van der Waals surface area (Å²) in [5.41, 5.74) is 5.02. The lowest BCUT2D eigenvalue weighted by molar-refractivity contribution is 0.249. The fourth-order valence-electron chi connectivity index (χ4n) is 0.797. The van der Waals surface area contributed by atoms with Crippen molar-refractivity contribution in [2.45, 2.75) is 13.3 Å². The molecule has 4 heteroatoms. The number of hydrogen-bond acceptors (Lipinski definition) is 2. The third-order valence-electron chi connectivity index (χ3n) is 1.27. The van der Waals surface area contributed by atoms with E-state index < -0.39 is 6.03 Å². The summed E-state index contributed by atoms with van der Waals surface area (Å²) < 4.78 is 1.33. The van der Waals surface area contributed by atoms with Crippen LogP contribution in [0, 0.1) is 0 Å². The first kappa shape index (κ1) is 6.80. The first-order chi connectivity index (χ1) is 4.75. The Bertz CT molecular complexity index is 241. The maximum atomic E-state index is 10.6. The summed E-state index contributed by atoms with van der Waals surface area (Å²) in [6, 6.07) is -0.477. The second-order valence-corrected chi connectivity index (χ2v) is 1.91. The molecule has 1 rings (SSSR count). The van der Waals surface area contributed by atoms with Gasteiger partial charge in [0.05, 0.1) is 0 Å². The van der Waals surface area contributed by atoms with E-state index in [1.165, 1.54) is 4.57 Å². The van der Waals surface area contributed by atoms with Crippen molar-refractivity contribution in [1.82, 2.24) is 9.55 Å². The van der Waals surface area contributed by atoms with Crippen molar-refractivity contribution < 1.29 is 4.79 Å². The molecule has 0 saturated carbocycles. The minimum Gasteiger partial charge on any atom is -0.351 e. The zero-order valence-corrected chi connectivity index (χ0v) is 5.74. The molecule has 54 valence electrons. The molecule has 1 aromatic heterocycles. The van der Waals surface area contributed by atoms with Gasteiger partial charge in [-0.05, 0) is 0 Å². The number of aromatic nitrogens is 2. The van der Waals surface area contributed by atoms with Gasteiger partial charge in [-0.3, -0.25) is 4.57 Å². The monoisotopic (exact) mass is 139 g/mol. The number of carbonyl (C=O) groups is 1. The third kappa shape index (κ3) is 1.00. The molecule has 0 bridgehead atoms. The molecule has 0 aliphatic heterocycles. The van der Waals surface area contributed by atoms with E-state index >= 15 is 0 Å². The van der Waals surface area contributed by atoms with E-state index in [2.05, 4.69) is 4.98 Å². The zero-order valence-electron chi connectivity index (χ0n) is 5.74. The van der Waals surface area contributed by atoms with E-state index in [-0.39, 0.29) is 0 Å². The van der Waals surface area contributed by atoms with E-state index in [0.717, 1.165) is 6.42 Å². The van der Waals surface area contributed by atoms with Gasteiger partial charge in [-0.15, -0.1) is 0 Å². The minimum absolute atomic E-state index is 0.477. The van der Waals surface area contributed by atoms with Crippen molar-refractivity contribution in [3.63, 3.8) is 0 Å². The fourth-order valence-corrected chi connectivity index (χ4v) is 0.797. The van der Waals surface area contributed by atoms with Gasteiger partial charge in [-0.1, -0.05) is 6.92 Å². The van der Waals surface area contributed by atoms with Crippen molar-refractivity contribution in [1.29, 1.82) is 0 Å². The van der Waals surface area contributed by atoms with Crippen molar-refractivity contribution in [2.24, 2.45) is 5.73 Å². The maximum Gasteiger partial charge on any atom is 0.324 e. The summed E-state index contributed by atoms with van der Waals surface area (Å²) in [6.45, 7) is 1.92. The highest BCUT2D eigenvalue weighted by Gasteiger charge is 2.02. The van der Waals surface area contributed by atoms with Crippen molar-refractivity contribution in [2.75, 3.05) is 0 Å². The smallest absolute Gasteiger partial charge is 0.324 e. The highest BCUT2D eigenvalue weighted by atomic mass is 16.2. The van der Waals surface area contributed by atoms with Gasteiger partial charge in [0.2, 0.25) is 0 Å². The Morgan fingerprint density at radius 2 is 2.60 bits per heavy atom. The minimum atomic E-state index is -0.477. The average molecular weight is 139 g/mol. The Balaban J connectivity index is 3.01. The molecule has 4 nitrogen and oxygen atoms in total. The SMILES string of the molecule is CCc1nccn1C(N)=O. The van der Waals surface area contributed by atoms with Gasteiger partial charge in [0.1, 0.15) is 5.82 Å². The summed E-state index contributed by atoms with van der Waals surface area (Å²) in [5.74, 6) is 0.701. The summed E-state index contributed by atoms with van der Waals surface area (Å²) in [5, 5.41) is 0. The molecular formula is C6H9N3O. The number of rotatable bonds is 1. The highest BCUT2D eigenvalue weighted by Crippen LogP contribution is 1.95. The van der Waals surface area contributed by atoms with Crippen molar-refractivity contribution >= 4 is 6.03 Å². The Morgan fingerprint density at radius 1 is 1.90 bits per heavy atom. The molecule has 0 fully saturated rings. The van der Waals surface area contributed by atoms with Crippen LogP contribution in [0.4, 0.5) is 4.79 Å². The molecular weight excluding hydrogens is 130 g/mol. The standard InChI is InChI=1S/C6H9N3O/c1-2-5-8-3-4-9(5)6(7)10/h3-4H,2H2,1H3,(H2,7,10). The second-order valence-electron chi connectivity index (χ2n) is 1.91. The molecule has 0 saturated heterocycles. The zero-order chi connectivity index (χ0) is 7.56. The van der Waals surface area contributed by atoms with E-state index in [1.807, 2.05) is 6.92 Å². The maximum absolute atomic E-state index is 10.6. The summed E-state index contributed by atoms with van der Waals surface area (Å²) >= 11 is 0. The Morgan fingerprint density at radius 3 is 3.00 bits per heavy atom. The van der Waals surface area contributed by atoms with Crippen LogP contribution in [0.15, 0.2) is 12.4 Å². The lowest BCUT2D eigenvalue weighted by Crippen LogP contribution is -2.20. The van der Waals surface area contributed by atoms with Gasteiger partial charge >= 0.3 is 6.03 Å². The normalized spacial score (nSPS) is 9.70. The first-order valence-corrected chi connectivity index (χ1v) is 3.07. The number of aryl methyl sites for hydroxylation is 1. The van der Waals surface area contributed by atoms with Gasteiger partial charge in [-0.25, -0.2) is 9.78 Å². The molecule has 0 atom stereocenters. The molecule has 1 heterocycles. The molecule has 1 aromatic rings. The molecule has 2 N–H and O–H groups in total.